The third-order valence-corrected chi connectivity index (χ3v) is 5.15. The maximum atomic E-state index is 12.3. The second-order valence-corrected chi connectivity index (χ2v) is 7.25. The van der Waals surface area contributed by atoms with Crippen molar-refractivity contribution in [3.05, 3.63) is 54.1 Å². The van der Waals surface area contributed by atoms with Gasteiger partial charge >= 0.3 is 0 Å². The van der Waals surface area contributed by atoms with Gasteiger partial charge in [0.05, 0.1) is 6.61 Å². The fourth-order valence-electron chi connectivity index (χ4n) is 3.54. The van der Waals surface area contributed by atoms with Crippen LogP contribution in [0.3, 0.4) is 0 Å². The van der Waals surface area contributed by atoms with E-state index in [1.807, 2.05) is 12.1 Å². The Morgan fingerprint density at radius 3 is 2.20 bits per heavy atom. The fraction of sp³-hybridized carbons (Fsp3) is 0.435. The van der Waals surface area contributed by atoms with E-state index in [2.05, 4.69) is 50.2 Å². The molecule has 0 radical (unpaired) electrons. The standard InChI is InChI=1S/C23H28O2/c1-3-4-15-25-21-12-10-19(11-13-21)18-6-8-20(9-7-18)22-14-5-17(2)16-23(22)24/h6-13,17,22H,3-5,14-16H2,1-2H3. The second-order valence-electron chi connectivity index (χ2n) is 7.25. The van der Waals surface area contributed by atoms with Crippen molar-refractivity contribution in [3.8, 4) is 16.9 Å². The zero-order chi connectivity index (χ0) is 17.6. The van der Waals surface area contributed by atoms with Crippen molar-refractivity contribution >= 4 is 5.78 Å². The Hall–Kier alpha value is -2.09. The van der Waals surface area contributed by atoms with Crippen LogP contribution in [-0.2, 0) is 4.79 Å². The average molecular weight is 336 g/mol. The Bertz CT molecular complexity index is 685. The van der Waals surface area contributed by atoms with Crippen LogP contribution < -0.4 is 4.74 Å². The van der Waals surface area contributed by atoms with E-state index < -0.39 is 0 Å². The summed E-state index contributed by atoms with van der Waals surface area (Å²) in [5.74, 6) is 1.97. The van der Waals surface area contributed by atoms with E-state index in [0.29, 0.717) is 11.7 Å². The number of carbonyl (C=O) groups excluding carboxylic acids is 1. The molecule has 0 heterocycles. The van der Waals surface area contributed by atoms with Crippen molar-refractivity contribution in [1.82, 2.24) is 0 Å². The summed E-state index contributed by atoms with van der Waals surface area (Å²) in [6.45, 7) is 5.11. The molecular formula is C23H28O2. The molecule has 0 bridgehead atoms. The summed E-state index contributed by atoms with van der Waals surface area (Å²) in [6.07, 6.45) is 5.10. The van der Waals surface area contributed by atoms with Crippen LogP contribution in [0.5, 0.6) is 5.75 Å². The van der Waals surface area contributed by atoms with Crippen molar-refractivity contribution in [2.45, 2.75) is 51.9 Å². The molecule has 2 aromatic carbocycles. The van der Waals surface area contributed by atoms with Gasteiger partial charge in [-0.15, -0.1) is 0 Å². The van der Waals surface area contributed by atoms with Crippen molar-refractivity contribution in [2.24, 2.45) is 5.92 Å². The van der Waals surface area contributed by atoms with Crippen LogP contribution in [0.15, 0.2) is 48.5 Å². The number of benzene rings is 2. The van der Waals surface area contributed by atoms with E-state index in [1.54, 1.807) is 0 Å². The van der Waals surface area contributed by atoms with Crippen molar-refractivity contribution in [1.29, 1.82) is 0 Å². The highest BCUT2D eigenvalue weighted by Gasteiger charge is 2.27. The highest BCUT2D eigenvalue weighted by molar-refractivity contribution is 5.86. The molecular weight excluding hydrogens is 308 g/mol. The molecule has 0 saturated heterocycles. The van der Waals surface area contributed by atoms with Gasteiger partial charge in [0.15, 0.2) is 0 Å². The predicted molar refractivity (Wildman–Crippen MR) is 103 cm³/mol. The van der Waals surface area contributed by atoms with Crippen LogP contribution in [0.2, 0.25) is 0 Å². The molecule has 0 aliphatic heterocycles. The van der Waals surface area contributed by atoms with Crippen LogP contribution >= 0.6 is 0 Å². The molecule has 0 N–H and O–H groups in total. The molecule has 2 atom stereocenters. The molecule has 0 spiro atoms. The molecule has 25 heavy (non-hydrogen) atoms. The fourth-order valence-corrected chi connectivity index (χ4v) is 3.54. The van der Waals surface area contributed by atoms with E-state index in [0.717, 1.165) is 44.5 Å². The van der Waals surface area contributed by atoms with Crippen molar-refractivity contribution in [3.63, 3.8) is 0 Å². The van der Waals surface area contributed by atoms with Gasteiger partial charge in [-0.25, -0.2) is 0 Å². The first-order valence-corrected chi connectivity index (χ1v) is 9.53. The molecule has 1 aliphatic carbocycles. The van der Waals surface area contributed by atoms with E-state index in [1.165, 1.54) is 16.7 Å². The first-order chi connectivity index (χ1) is 12.2. The normalized spacial score (nSPS) is 20.5. The van der Waals surface area contributed by atoms with Crippen LogP contribution in [0, 0.1) is 5.92 Å². The molecule has 1 saturated carbocycles. The number of ketones is 1. The minimum absolute atomic E-state index is 0.0968. The quantitative estimate of drug-likeness (QED) is 0.604. The van der Waals surface area contributed by atoms with Crippen molar-refractivity contribution in [2.75, 3.05) is 6.61 Å². The number of ether oxygens (including phenoxy) is 1. The van der Waals surface area contributed by atoms with Crippen LogP contribution in [0.4, 0.5) is 0 Å². The SMILES string of the molecule is CCCCOc1ccc(-c2ccc(C3CCC(C)CC3=O)cc2)cc1. The maximum Gasteiger partial charge on any atom is 0.140 e. The predicted octanol–water partition coefficient (Wildman–Crippen LogP) is 6.01. The monoisotopic (exact) mass is 336 g/mol. The molecule has 0 aromatic heterocycles. The lowest BCUT2D eigenvalue weighted by molar-refractivity contribution is -0.123. The Kier molecular flexibility index (Phi) is 5.91. The zero-order valence-corrected chi connectivity index (χ0v) is 15.3. The van der Waals surface area contributed by atoms with Crippen LogP contribution in [0.1, 0.15) is 57.4 Å². The lowest BCUT2D eigenvalue weighted by Gasteiger charge is -2.25. The topological polar surface area (TPSA) is 26.3 Å². The molecule has 2 unspecified atom stereocenters. The van der Waals surface area contributed by atoms with E-state index in [-0.39, 0.29) is 5.92 Å². The highest BCUT2D eigenvalue weighted by atomic mass is 16.5. The summed E-state index contributed by atoms with van der Waals surface area (Å²) < 4.78 is 5.72. The summed E-state index contributed by atoms with van der Waals surface area (Å²) in [7, 11) is 0. The van der Waals surface area contributed by atoms with Crippen LogP contribution in [-0.4, -0.2) is 12.4 Å². The minimum atomic E-state index is 0.0968. The molecule has 2 nitrogen and oxygen atoms in total. The summed E-state index contributed by atoms with van der Waals surface area (Å²) in [5.41, 5.74) is 3.53. The summed E-state index contributed by atoms with van der Waals surface area (Å²) >= 11 is 0. The number of carbonyl (C=O) groups is 1. The maximum absolute atomic E-state index is 12.3. The van der Waals surface area contributed by atoms with E-state index in [9.17, 15) is 4.79 Å². The lowest BCUT2D eigenvalue weighted by atomic mass is 9.78. The van der Waals surface area contributed by atoms with E-state index in [4.69, 9.17) is 4.74 Å². The molecule has 2 aromatic rings. The van der Waals surface area contributed by atoms with Gasteiger partial charge in [0.1, 0.15) is 11.5 Å². The number of hydrogen-bond donors (Lipinski definition) is 0. The van der Waals surface area contributed by atoms with Gasteiger partial charge in [0.2, 0.25) is 0 Å². The van der Waals surface area contributed by atoms with Gasteiger partial charge in [0.25, 0.3) is 0 Å². The first-order valence-electron chi connectivity index (χ1n) is 9.53. The average Bonchev–Trinajstić information content (AvgIpc) is 2.63. The number of hydrogen-bond acceptors (Lipinski definition) is 2. The summed E-state index contributed by atoms with van der Waals surface area (Å²) in [6, 6.07) is 16.8. The van der Waals surface area contributed by atoms with Gasteiger partial charge in [-0.1, -0.05) is 56.7 Å². The Labute approximate surface area is 151 Å². The number of rotatable bonds is 6. The van der Waals surface area contributed by atoms with Gasteiger partial charge < -0.3 is 4.74 Å². The minimum Gasteiger partial charge on any atom is -0.494 e. The number of Topliss-reactive ketones (excluding diaryl/α,β-unsaturated/α-hetero) is 1. The highest BCUT2D eigenvalue weighted by Crippen LogP contribution is 2.34. The molecule has 0 amide bonds. The number of unbranched alkanes of at least 4 members (excludes halogenated alkanes) is 1. The van der Waals surface area contributed by atoms with Gasteiger partial charge in [-0.2, -0.15) is 0 Å². The van der Waals surface area contributed by atoms with E-state index >= 15 is 0 Å². The second kappa shape index (κ2) is 8.33. The molecule has 1 aliphatic rings. The Morgan fingerprint density at radius 2 is 1.60 bits per heavy atom. The molecule has 1 fully saturated rings. The lowest BCUT2D eigenvalue weighted by Crippen LogP contribution is -2.21. The summed E-state index contributed by atoms with van der Waals surface area (Å²) in [5, 5.41) is 0. The summed E-state index contributed by atoms with van der Waals surface area (Å²) in [4.78, 5) is 12.3. The molecule has 3 rings (SSSR count). The Balaban J connectivity index is 1.67. The van der Waals surface area contributed by atoms with Crippen molar-refractivity contribution < 1.29 is 9.53 Å². The smallest absolute Gasteiger partial charge is 0.140 e. The van der Waals surface area contributed by atoms with Crippen LogP contribution in [0.25, 0.3) is 11.1 Å². The molecule has 132 valence electrons. The molecule has 2 heteroatoms. The zero-order valence-electron chi connectivity index (χ0n) is 15.3. The van der Waals surface area contributed by atoms with Gasteiger partial charge in [-0.05, 0) is 54.0 Å². The van der Waals surface area contributed by atoms with Gasteiger partial charge in [0, 0.05) is 12.3 Å². The Morgan fingerprint density at radius 1 is 0.960 bits per heavy atom. The largest absolute Gasteiger partial charge is 0.494 e. The third-order valence-electron chi connectivity index (χ3n) is 5.15. The van der Waals surface area contributed by atoms with Gasteiger partial charge in [-0.3, -0.25) is 4.79 Å². The first kappa shape index (κ1) is 17.7. The third kappa shape index (κ3) is 4.50.